The number of hydrogen-bond donors (Lipinski definition) is 0. The number of carbonyl (C=O) groups is 1. The van der Waals surface area contributed by atoms with E-state index in [2.05, 4.69) is 21.0 Å². The fourth-order valence-corrected chi connectivity index (χ4v) is 2.33. The summed E-state index contributed by atoms with van der Waals surface area (Å²) in [6.45, 7) is 0. The van der Waals surface area contributed by atoms with Crippen LogP contribution in [0.3, 0.4) is 0 Å². The fraction of sp³-hybridized carbons (Fsp3) is 0.556. The van der Waals surface area contributed by atoms with E-state index in [-0.39, 0.29) is 17.6 Å². The summed E-state index contributed by atoms with van der Waals surface area (Å²) < 4.78 is 1.88. The predicted octanol–water partition coefficient (Wildman–Crippen LogP) is 2.24. The Morgan fingerprint density at radius 3 is 2.94 bits per heavy atom. The molecule has 1 fully saturated rings. The molecular formula is C9H10BrN3O3. The van der Waals surface area contributed by atoms with E-state index in [1.54, 1.807) is 6.20 Å². The van der Waals surface area contributed by atoms with Gasteiger partial charge < -0.3 is 10.1 Å². The molecule has 0 amide bonds. The molecule has 1 unspecified atom stereocenters. The summed E-state index contributed by atoms with van der Waals surface area (Å²) in [5, 5.41) is 14.5. The Balaban J connectivity index is 2.23. The molecule has 1 aliphatic rings. The van der Waals surface area contributed by atoms with Gasteiger partial charge in [-0.1, -0.05) is 0 Å². The molecule has 7 heteroatoms. The molecule has 0 spiro atoms. The summed E-state index contributed by atoms with van der Waals surface area (Å²) in [7, 11) is 0. The monoisotopic (exact) mass is 287 g/mol. The molecule has 0 N–H and O–H groups in total. The minimum Gasteiger partial charge on any atom is -0.358 e. The van der Waals surface area contributed by atoms with Crippen LogP contribution in [0.25, 0.3) is 0 Å². The largest absolute Gasteiger partial charge is 0.404 e. The van der Waals surface area contributed by atoms with Crippen molar-refractivity contribution < 1.29 is 9.72 Å². The highest BCUT2D eigenvalue weighted by atomic mass is 79.9. The Labute approximate surface area is 99.9 Å². The maximum atomic E-state index is 11.3. The normalized spacial score (nSPS) is 21.1. The number of nitro groups is 1. The zero-order valence-corrected chi connectivity index (χ0v) is 10.0. The van der Waals surface area contributed by atoms with Crippen molar-refractivity contribution in [1.82, 2.24) is 9.78 Å². The Bertz CT molecular complexity index is 443. The molecule has 1 aromatic heterocycles. The molecule has 0 bridgehead atoms. The molecule has 1 aliphatic carbocycles. The van der Waals surface area contributed by atoms with Gasteiger partial charge in [-0.3, -0.25) is 4.79 Å². The lowest BCUT2D eigenvalue weighted by Crippen LogP contribution is -2.19. The molecule has 0 aromatic carbocycles. The third-order valence-corrected chi connectivity index (χ3v) is 3.23. The average molecular weight is 288 g/mol. The van der Waals surface area contributed by atoms with Gasteiger partial charge in [-0.2, -0.15) is 4.68 Å². The van der Waals surface area contributed by atoms with Gasteiger partial charge in [0.05, 0.1) is 17.3 Å². The molecule has 1 heterocycles. The zero-order chi connectivity index (χ0) is 11.7. The minimum atomic E-state index is -0.536. The van der Waals surface area contributed by atoms with Gasteiger partial charge >= 0.3 is 5.82 Å². The molecule has 1 atom stereocenters. The molecule has 0 saturated heterocycles. The van der Waals surface area contributed by atoms with Crippen LogP contribution in [-0.2, 0) is 4.79 Å². The van der Waals surface area contributed by atoms with Gasteiger partial charge in [-0.15, -0.1) is 0 Å². The number of halogens is 1. The zero-order valence-electron chi connectivity index (χ0n) is 8.43. The van der Waals surface area contributed by atoms with Crippen molar-refractivity contribution >= 4 is 27.5 Å². The van der Waals surface area contributed by atoms with Crippen LogP contribution in [0.1, 0.15) is 31.7 Å². The van der Waals surface area contributed by atoms with Gasteiger partial charge in [-0.25, -0.2) is 0 Å². The number of aromatic nitrogens is 2. The molecule has 86 valence electrons. The fourth-order valence-electron chi connectivity index (χ4n) is 1.90. The second-order valence-corrected chi connectivity index (χ2v) is 4.68. The van der Waals surface area contributed by atoms with Crippen molar-refractivity contribution in [2.45, 2.75) is 31.7 Å². The van der Waals surface area contributed by atoms with E-state index >= 15 is 0 Å². The summed E-state index contributed by atoms with van der Waals surface area (Å²) in [4.78, 5) is 21.4. The topological polar surface area (TPSA) is 78.0 Å². The Kier molecular flexibility index (Phi) is 3.04. The summed E-state index contributed by atoms with van der Waals surface area (Å²) in [6.07, 6.45) is 4.28. The van der Waals surface area contributed by atoms with Crippen molar-refractivity contribution in [3.63, 3.8) is 0 Å². The standard InChI is InChI=1S/C9H10BrN3O3/c10-8-5-12(11-9(8)13(15)16)6-2-1-3-7(14)4-6/h5-6H,1-4H2. The number of nitrogens with zero attached hydrogens (tertiary/aromatic N) is 3. The molecule has 16 heavy (non-hydrogen) atoms. The number of rotatable bonds is 2. The Morgan fingerprint density at radius 2 is 2.38 bits per heavy atom. The second-order valence-electron chi connectivity index (χ2n) is 3.83. The van der Waals surface area contributed by atoms with Crippen LogP contribution in [0.4, 0.5) is 5.82 Å². The van der Waals surface area contributed by atoms with Crippen LogP contribution in [0, 0.1) is 10.1 Å². The number of Topliss-reactive ketones (excluding diaryl/α,β-unsaturated/α-hetero) is 1. The summed E-state index contributed by atoms with van der Waals surface area (Å²) in [6, 6.07) is -0.0359. The third kappa shape index (κ3) is 2.13. The van der Waals surface area contributed by atoms with Crippen molar-refractivity contribution in [3.05, 3.63) is 20.8 Å². The average Bonchev–Trinajstić information content (AvgIpc) is 2.60. The maximum absolute atomic E-state index is 11.3. The molecule has 0 radical (unpaired) electrons. The van der Waals surface area contributed by atoms with E-state index < -0.39 is 4.92 Å². The summed E-state index contributed by atoms with van der Waals surface area (Å²) >= 11 is 3.09. The molecule has 1 aromatic rings. The van der Waals surface area contributed by atoms with Gasteiger partial charge in [0, 0.05) is 12.8 Å². The quantitative estimate of drug-likeness (QED) is 0.617. The van der Waals surface area contributed by atoms with Crippen molar-refractivity contribution in [2.24, 2.45) is 0 Å². The van der Waals surface area contributed by atoms with E-state index in [1.165, 1.54) is 4.68 Å². The van der Waals surface area contributed by atoms with Crippen LogP contribution in [0.5, 0.6) is 0 Å². The van der Waals surface area contributed by atoms with Crippen LogP contribution >= 0.6 is 15.9 Å². The molecule has 2 rings (SSSR count). The van der Waals surface area contributed by atoms with E-state index in [4.69, 9.17) is 0 Å². The summed E-state index contributed by atoms with van der Waals surface area (Å²) in [5.74, 6) is 0.00329. The van der Waals surface area contributed by atoms with E-state index in [0.717, 1.165) is 12.8 Å². The van der Waals surface area contributed by atoms with Gasteiger partial charge in [0.15, 0.2) is 0 Å². The first-order chi connectivity index (χ1) is 7.58. The first-order valence-corrected chi connectivity index (χ1v) is 5.78. The van der Waals surface area contributed by atoms with Gasteiger partial charge in [-0.05, 0) is 33.7 Å². The first-order valence-electron chi connectivity index (χ1n) is 4.98. The highest BCUT2D eigenvalue weighted by Gasteiger charge is 2.27. The van der Waals surface area contributed by atoms with E-state index in [9.17, 15) is 14.9 Å². The van der Waals surface area contributed by atoms with Crippen molar-refractivity contribution in [3.8, 4) is 0 Å². The number of carbonyl (C=O) groups excluding carboxylic acids is 1. The number of hydrogen-bond acceptors (Lipinski definition) is 4. The van der Waals surface area contributed by atoms with Crippen LogP contribution in [0.2, 0.25) is 0 Å². The first kappa shape index (κ1) is 11.3. The van der Waals surface area contributed by atoms with E-state index in [0.29, 0.717) is 17.3 Å². The van der Waals surface area contributed by atoms with Crippen LogP contribution in [0.15, 0.2) is 10.7 Å². The minimum absolute atomic E-state index is 0.0359. The lowest BCUT2D eigenvalue weighted by atomic mass is 9.94. The Morgan fingerprint density at radius 1 is 1.62 bits per heavy atom. The molecule has 6 nitrogen and oxygen atoms in total. The second kappa shape index (κ2) is 4.32. The highest BCUT2D eigenvalue weighted by molar-refractivity contribution is 9.10. The number of ketones is 1. The molecule has 1 saturated carbocycles. The summed E-state index contributed by atoms with van der Waals surface area (Å²) in [5.41, 5.74) is 0. The lowest BCUT2D eigenvalue weighted by molar-refractivity contribution is -0.390. The third-order valence-electron chi connectivity index (χ3n) is 2.67. The lowest BCUT2D eigenvalue weighted by Gasteiger charge is -2.18. The van der Waals surface area contributed by atoms with Gasteiger partial charge in [0.2, 0.25) is 0 Å². The van der Waals surface area contributed by atoms with Crippen molar-refractivity contribution in [1.29, 1.82) is 0 Å². The van der Waals surface area contributed by atoms with Crippen LogP contribution < -0.4 is 0 Å². The Hall–Kier alpha value is -1.24. The highest BCUT2D eigenvalue weighted by Crippen LogP contribution is 2.30. The van der Waals surface area contributed by atoms with Crippen molar-refractivity contribution in [2.75, 3.05) is 0 Å². The predicted molar refractivity (Wildman–Crippen MR) is 59.1 cm³/mol. The van der Waals surface area contributed by atoms with E-state index in [1.807, 2.05) is 0 Å². The molecular weight excluding hydrogens is 278 g/mol. The maximum Gasteiger partial charge on any atom is 0.404 e. The van der Waals surface area contributed by atoms with Gasteiger partial charge in [0.25, 0.3) is 0 Å². The smallest absolute Gasteiger partial charge is 0.358 e. The SMILES string of the molecule is O=C1CCCC(n2cc(Br)c([N+](=O)[O-])n2)C1. The van der Waals surface area contributed by atoms with Gasteiger partial charge in [0.1, 0.15) is 10.3 Å². The van der Waals surface area contributed by atoms with Crippen LogP contribution in [-0.4, -0.2) is 20.5 Å². The molecule has 0 aliphatic heterocycles.